The number of aromatic nitrogens is 2. The molecule has 1 saturated heterocycles. The van der Waals surface area contributed by atoms with Crippen molar-refractivity contribution in [3.63, 3.8) is 0 Å². The van der Waals surface area contributed by atoms with Crippen LogP contribution < -0.4 is 5.56 Å². The van der Waals surface area contributed by atoms with Gasteiger partial charge in [0, 0.05) is 37.8 Å². The van der Waals surface area contributed by atoms with Crippen LogP contribution in [0.25, 0.3) is 0 Å². The first kappa shape index (κ1) is 15.2. The number of halogens is 1. The number of carbonyl (C=O) groups is 1. The third kappa shape index (κ3) is 2.78. The Bertz CT molecular complexity index is 643. The summed E-state index contributed by atoms with van der Waals surface area (Å²) in [6.45, 7) is 3.30. The van der Waals surface area contributed by atoms with Crippen LogP contribution in [0.15, 0.2) is 10.9 Å². The monoisotopic (exact) mass is 307 g/mol. The van der Waals surface area contributed by atoms with E-state index in [9.17, 15) is 14.0 Å². The highest BCUT2D eigenvalue weighted by molar-refractivity contribution is 5.76. The lowest BCUT2D eigenvalue weighted by atomic mass is 9.80. The Labute approximate surface area is 129 Å². The molecule has 1 amide bonds. The van der Waals surface area contributed by atoms with Crippen LogP contribution in [-0.2, 0) is 17.8 Å². The summed E-state index contributed by atoms with van der Waals surface area (Å²) in [7, 11) is 0. The molecule has 0 aromatic carbocycles. The molecule has 0 aliphatic carbocycles. The normalized spacial score (nSPS) is 24.4. The van der Waals surface area contributed by atoms with E-state index in [1.165, 1.54) is 0 Å². The van der Waals surface area contributed by atoms with E-state index in [-0.39, 0.29) is 23.3 Å². The molecule has 3 rings (SSSR count). The SMILES string of the molecule is Cc1cc(=O)n2c(n1)CCC1(CCN(C(=O)CCF)C1)CC2. The number of rotatable bonds is 2. The Morgan fingerprint density at radius 2 is 2.14 bits per heavy atom. The zero-order valence-electron chi connectivity index (χ0n) is 13.0. The van der Waals surface area contributed by atoms with Gasteiger partial charge in [0.25, 0.3) is 5.56 Å². The van der Waals surface area contributed by atoms with Crippen molar-refractivity contribution in [1.29, 1.82) is 0 Å². The van der Waals surface area contributed by atoms with E-state index in [0.29, 0.717) is 19.6 Å². The fourth-order valence-electron chi connectivity index (χ4n) is 3.76. The van der Waals surface area contributed by atoms with Crippen molar-refractivity contribution in [1.82, 2.24) is 14.5 Å². The van der Waals surface area contributed by atoms with Gasteiger partial charge in [0.15, 0.2) is 0 Å². The number of fused-ring (bicyclic) bond motifs is 1. The quantitative estimate of drug-likeness (QED) is 0.831. The van der Waals surface area contributed by atoms with Crippen LogP contribution in [0.2, 0.25) is 0 Å². The van der Waals surface area contributed by atoms with Gasteiger partial charge in [0.05, 0.1) is 13.1 Å². The van der Waals surface area contributed by atoms with Crippen molar-refractivity contribution < 1.29 is 9.18 Å². The minimum Gasteiger partial charge on any atom is -0.342 e. The van der Waals surface area contributed by atoms with Crippen molar-refractivity contribution in [2.45, 2.75) is 45.6 Å². The molecule has 6 heteroatoms. The maximum Gasteiger partial charge on any atom is 0.253 e. The highest BCUT2D eigenvalue weighted by Gasteiger charge is 2.40. The molecule has 1 aromatic heterocycles. The van der Waals surface area contributed by atoms with Gasteiger partial charge in [-0.3, -0.25) is 18.5 Å². The summed E-state index contributed by atoms with van der Waals surface area (Å²) < 4.78 is 14.1. The number of likely N-dealkylation sites (tertiary alicyclic amines) is 1. The molecule has 3 heterocycles. The summed E-state index contributed by atoms with van der Waals surface area (Å²) >= 11 is 0. The second kappa shape index (κ2) is 5.82. The van der Waals surface area contributed by atoms with E-state index in [1.54, 1.807) is 15.5 Å². The smallest absolute Gasteiger partial charge is 0.253 e. The molecular weight excluding hydrogens is 285 g/mol. The average Bonchev–Trinajstić information content (AvgIpc) is 2.80. The van der Waals surface area contributed by atoms with Crippen LogP contribution in [0.5, 0.6) is 0 Å². The van der Waals surface area contributed by atoms with Gasteiger partial charge in [-0.25, -0.2) is 4.98 Å². The largest absolute Gasteiger partial charge is 0.342 e. The van der Waals surface area contributed by atoms with Gasteiger partial charge in [0.2, 0.25) is 5.91 Å². The van der Waals surface area contributed by atoms with Crippen molar-refractivity contribution in [3.05, 3.63) is 27.9 Å². The van der Waals surface area contributed by atoms with Crippen molar-refractivity contribution in [2.24, 2.45) is 5.41 Å². The van der Waals surface area contributed by atoms with E-state index in [2.05, 4.69) is 4.98 Å². The third-order valence-electron chi connectivity index (χ3n) is 5.06. The highest BCUT2D eigenvalue weighted by atomic mass is 19.1. The molecule has 0 bridgehead atoms. The summed E-state index contributed by atoms with van der Waals surface area (Å²) in [6, 6.07) is 1.58. The molecule has 1 spiro atoms. The van der Waals surface area contributed by atoms with Gasteiger partial charge < -0.3 is 4.90 Å². The average molecular weight is 307 g/mol. The lowest BCUT2D eigenvalue weighted by Crippen LogP contribution is -2.32. The molecule has 1 aromatic rings. The van der Waals surface area contributed by atoms with Crippen molar-refractivity contribution in [2.75, 3.05) is 19.8 Å². The Kier molecular flexibility index (Phi) is 4.02. The van der Waals surface area contributed by atoms with Gasteiger partial charge in [0.1, 0.15) is 5.82 Å². The van der Waals surface area contributed by atoms with E-state index in [1.807, 2.05) is 6.92 Å². The Morgan fingerprint density at radius 1 is 1.36 bits per heavy atom. The molecule has 0 saturated carbocycles. The molecule has 1 fully saturated rings. The number of hydrogen-bond donors (Lipinski definition) is 0. The maximum absolute atomic E-state index is 12.4. The third-order valence-corrected chi connectivity index (χ3v) is 5.06. The van der Waals surface area contributed by atoms with Crippen LogP contribution in [-0.4, -0.2) is 40.1 Å². The molecule has 2 aliphatic rings. The second-order valence-electron chi connectivity index (χ2n) is 6.56. The van der Waals surface area contributed by atoms with Crippen LogP contribution in [0.1, 0.15) is 37.2 Å². The summed E-state index contributed by atoms with van der Waals surface area (Å²) in [5.74, 6) is 0.766. The Morgan fingerprint density at radius 3 is 2.91 bits per heavy atom. The molecule has 5 nitrogen and oxygen atoms in total. The molecule has 0 N–H and O–H groups in total. The predicted molar refractivity (Wildman–Crippen MR) is 80.4 cm³/mol. The van der Waals surface area contributed by atoms with Crippen LogP contribution in [0, 0.1) is 12.3 Å². The van der Waals surface area contributed by atoms with Crippen LogP contribution >= 0.6 is 0 Å². The number of carbonyl (C=O) groups excluding carboxylic acids is 1. The van der Waals surface area contributed by atoms with E-state index < -0.39 is 6.67 Å². The predicted octanol–water partition coefficient (Wildman–Crippen LogP) is 1.47. The van der Waals surface area contributed by atoms with Crippen LogP contribution in [0.3, 0.4) is 0 Å². The number of amides is 1. The van der Waals surface area contributed by atoms with E-state index in [4.69, 9.17) is 0 Å². The first-order chi connectivity index (χ1) is 10.5. The summed E-state index contributed by atoms with van der Waals surface area (Å²) in [5, 5.41) is 0. The Balaban J connectivity index is 1.76. The fourth-order valence-corrected chi connectivity index (χ4v) is 3.76. The minimum atomic E-state index is -0.591. The topological polar surface area (TPSA) is 55.2 Å². The second-order valence-corrected chi connectivity index (χ2v) is 6.56. The van der Waals surface area contributed by atoms with Gasteiger partial charge in [-0.05, 0) is 31.6 Å². The molecule has 0 radical (unpaired) electrons. The number of hydrogen-bond acceptors (Lipinski definition) is 3. The molecular formula is C16H22FN3O2. The van der Waals surface area contributed by atoms with Gasteiger partial charge >= 0.3 is 0 Å². The standard InChI is InChI=1S/C16H22FN3O2/c1-12-10-15(22)20-9-6-16(4-2-13(20)18-12)5-8-19(11-16)14(21)3-7-17/h10H,2-9,11H2,1H3. The number of aryl methyl sites for hydroxylation is 2. The van der Waals surface area contributed by atoms with Crippen molar-refractivity contribution >= 4 is 5.91 Å². The van der Waals surface area contributed by atoms with Crippen LogP contribution in [0.4, 0.5) is 4.39 Å². The molecule has 1 atom stereocenters. The maximum atomic E-state index is 12.4. The zero-order valence-corrected chi connectivity index (χ0v) is 13.0. The first-order valence-electron chi connectivity index (χ1n) is 7.94. The summed E-state index contributed by atoms with van der Waals surface area (Å²) in [5.41, 5.74) is 0.835. The molecule has 1 unspecified atom stereocenters. The van der Waals surface area contributed by atoms with Gasteiger partial charge in [-0.15, -0.1) is 0 Å². The zero-order chi connectivity index (χ0) is 15.7. The van der Waals surface area contributed by atoms with Gasteiger partial charge in [-0.1, -0.05) is 0 Å². The fraction of sp³-hybridized carbons (Fsp3) is 0.688. The molecule has 2 aliphatic heterocycles. The minimum absolute atomic E-state index is 0.0166. The van der Waals surface area contributed by atoms with Crippen molar-refractivity contribution in [3.8, 4) is 0 Å². The lowest BCUT2D eigenvalue weighted by Gasteiger charge is -2.27. The summed E-state index contributed by atoms with van der Waals surface area (Å²) in [4.78, 5) is 30.3. The van der Waals surface area contributed by atoms with E-state index >= 15 is 0 Å². The van der Waals surface area contributed by atoms with E-state index in [0.717, 1.165) is 37.2 Å². The first-order valence-corrected chi connectivity index (χ1v) is 7.94. The number of alkyl halides is 1. The molecule has 22 heavy (non-hydrogen) atoms. The van der Waals surface area contributed by atoms with Gasteiger partial charge in [-0.2, -0.15) is 0 Å². The summed E-state index contributed by atoms with van der Waals surface area (Å²) in [6.07, 6.45) is 3.50. The molecule has 120 valence electrons. The number of nitrogens with zero attached hydrogens (tertiary/aromatic N) is 3. The lowest BCUT2D eigenvalue weighted by molar-refractivity contribution is -0.130. The highest BCUT2D eigenvalue weighted by Crippen LogP contribution is 2.40. The Hall–Kier alpha value is -1.72.